The van der Waals surface area contributed by atoms with Gasteiger partial charge in [-0.1, -0.05) is 35.3 Å². The van der Waals surface area contributed by atoms with Crippen molar-refractivity contribution in [3.63, 3.8) is 0 Å². The molecule has 2 fully saturated rings. The van der Waals surface area contributed by atoms with E-state index >= 15 is 0 Å². The Hall–Kier alpha value is -3.14. The zero-order chi connectivity index (χ0) is 26.8. The monoisotopic (exact) mass is 556 g/mol. The Morgan fingerprint density at radius 1 is 1.05 bits per heavy atom. The van der Waals surface area contributed by atoms with Crippen LogP contribution in [0.25, 0.3) is 11.3 Å². The number of piperazine rings is 1. The van der Waals surface area contributed by atoms with E-state index in [1.807, 2.05) is 30.3 Å². The number of ether oxygens (including phenoxy) is 1. The minimum Gasteiger partial charge on any atom is -0.481 e. The number of pyridine rings is 1. The second-order valence-corrected chi connectivity index (χ2v) is 10.6. The molecule has 0 saturated carbocycles. The Labute approximate surface area is 232 Å². The summed E-state index contributed by atoms with van der Waals surface area (Å²) in [5.74, 6) is 1.31. The molecule has 2 aromatic heterocycles. The van der Waals surface area contributed by atoms with E-state index in [1.165, 1.54) is 0 Å². The summed E-state index contributed by atoms with van der Waals surface area (Å²) >= 11 is 12.7. The van der Waals surface area contributed by atoms with Crippen LogP contribution in [0.4, 0.5) is 17.6 Å². The van der Waals surface area contributed by atoms with E-state index in [0.717, 1.165) is 23.6 Å². The summed E-state index contributed by atoms with van der Waals surface area (Å²) in [4.78, 5) is 32.1. The molecule has 0 bridgehead atoms. The first kappa shape index (κ1) is 26.5. The predicted octanol–water partition coefficient (Wildman–Crippen LogP) is 4.41. The number of hydrogen-bond donors (Lipinski definition) is 1. The SMILES string of the molecule is C[C@@H]1CN(c2ncc(CC(=O)O)cc2Cl)CCN1c1cc(-c2ccc(Cl)cc2)nc(N2CCOC[C@H]2C)n1. The lowest BCUT2D eigenvalue weighted by Crippen LogP contribution is -2.53. The largest absolute Gasteiger partial charge is 0.481 e. The molecule has 2 aliphatic heterocycles. The van der Waals surface area contributed by atoms with Gasteiger partial charge < -0.3 is 24.5 Å². The quantitative estimate of drug-likeness (QED) is 0.473. The molecule has 2 atom stereocenters. The number of nitrogens with zero attached hydrogens (tertiary/aromatic N) is 6. The van der Waals surface area contributed by atoms with Crippen molar-refractivity contribution in [2.75, 3.05) is 54.1 Å². The molecule has 5 rings (SSSR count). The first-order valence-electron chi connectivity index (χ1n) is 12.7. The first-order chi connectivity index (χ1) is 18.3. The fourth-order valence-corrected chi connectivity index (χ4v) is 5.39. The second kappa shape index (κ2) is 11.3. The van der Waals surface area contributed by atoms with Gasteiger partial charge in [0, 0.05) is 55.1 Å². The average Bonchev–Trinajstić information content (AvgIpc) is 2.89. The number of aliphatic carboxylic acids is 1. The molecule has 3 aromatic rings. The number of rotatable bonds is 6. The van der Waals surface area contributed by atoms with E-state index in [-0.39, 0.29) is 18.5 Å². The molecule has 9 nitrogen and oxygen atoms in total. The zero-order valence-corrected chi connectivity index (χ0v) is 22.9. The molecule has 2 saturated heterocycles. The van der Waals surface area contributed by atoms with Crippen LogP contribution in [0.2, 0.25) is 10.0 Å². The molecule has 1 N–H and O–H groups in total. The fourth-order valence-electron chi connectivity index (χ4n) is 4.96. The number of morpholine rings is 1. The molecule has 1 aromatic carbocycles. The van der Waals surface area contributed by atoms with E-state index < -0.39 is 5.97 Å². The van der Waals surface area contributed by atoms with Gasteiger partial charge in [0.25, 0.3) is 0 Å². The van der Waals surface area contributed by atoms with E-state index in [1.54, 1.807) is 12.3 Å². The smallest absolute Gasteiger partial charge is 0.307 e. The van der Waals surface area contributed by atoms with Crippen molar-refractivity contribution in [2.24, 2.45) is 0 Å². The Kier molecular flexibility index (Phi) is 7.88. The first-order valence-corrected chi connectivity index (χ1v) is 13.4. The number of anilines is 3. The van der Waals surface area contributed by atoms with Crippen molar-refractivity contribution in [3.05, 3.63) is 58.2 Å². The molecule has 0 unspecified atom stereocenters. The van der Waals surface area contributed by atoms with Crippen molar-refractivity contribution in [1.29, 1.82) is 0 Å². The Morgan fingerprint density at radius 3 is 2.53 bits per heavy atom. The number of carboxylic acid groups (broad SMARTS) is 1. The molecule has 200 valence electrons. The van der Waals surface area contributed by atoms with Crippen molar-refractivity contribution < 1.29 is 14.6 Å². The number of aromatic nitrogens is 3. The third-order valence-corrected chi connectivity index (χ3v) is 7.45. The van der Waals surface area contributed by atoms with E-state index in [9.17, 15) is 4.79 Å². The number of carboxylic acids is 1. The highest BCUT2D eigenvalue weighted by molar-refractivity contribution is 6.33. The van der Waals surface area contributed by atoms with E-state index in [0.29, 0.717) is 60.2 Å². The van der Waals surface area contributed by atoms with Crippen LogP contribution in [0.3, 0.4) is 0 Å². The van der Waals surface area contributed by atoms with E-state index in [4.69, 9.17) is 43.0 Å². The van der Waals surface area contributed by atoms with Crippen LogP contribution in [0.5, 0.6) is 0 Å². The summed E-state index contributed by atoms with van der Waals surface area (Å²) < 4.78 is 5.64. The van der Waals surface area contributed by atoms with Crippen LogP contribution in [0.1, 0.15) is 19.4 Å². The molecule has 0 aliphatic carbocycles. The van der Waals surface area contributed by atoms with Crippen LogP contribution in [0.15, 0.2) is 42.6 Å². The Balaban J connectivity index is 1.42. The molecule has 38 heavy (non-hydrogen) atoms. The molecule has 2 aliphatic rings. The normalized spacial score (nSPS) is 20.1. The number of carbonyl (C=O) groups is 1. The summed E-state index contributed by atoms with van der Waals surface area (Å²) in [6.45, 7) is 8.38. The minimum absolute atomic E-state index is 0.106. The molecule has 4 heterocycles. The molecule has 11 heteroatoms. The minimum atomic E-state index is -0.911. The lowest BCUT2D eigenvalue weighted by molar-refractivity contribution is -0.136. The highest BCUT2D eigenvalue weighted by atomic mass is 35.5. The van der Waals surface area contributed by atoms with Crippen molar-refractivity contribution in [3.8, 4) is 11.3 Å². The standard InChI is InChI=1S/C27H30Cl2N6O3/c1-17-15-33(26-22(29)11-19(14-30-26)12-25(36)37)7-8-34(17)24-13-23(20-3-5-21(28)6-4-20)31-27(32-24)35-9-10-38-16-18(35)2/h3-6,11,13-14,17-18H,7-10,12,15-16H2,1-2H3,(H,36,37)/t17-,18-/m1/s1. The summed E-state index contributed by atoms with van der Waals surface area (Å²) in [6, 6.07) is 11.7. The number of halogens is 2. The Bertz CT molecular complexity index is 1310. The maximum atomic E-state index is 11.0. The van der Waals surface area contributed by atoms with Crippen molar-refractivity contribution >= 4 is 46.8 Å². The average molecular weight is 557 g/mol. The third-order valence-electron chi connectivity index (χ3n) is 6.92. The predicted molar refractivity (Wildman–Crippen MR) is 150 cm³/mol. The molecule has 0 spiro atoms. The molecular formula is C27H30Cl2N6O3. The topological polar surface area (TPSA) is 94.9 Å². The van der Waals surface area contributed by atoms with Gasteiger partial charge in [-0.05, 0) is 37.6 Å². The third kappa shape index (κ3) is 5.80. The van der Waals surface area contributed by atoms with Crippen LogP contribution < -0.4 is 14.7 Å². The summed E-state index contributed by atoms with van der Waals surface area (Å²) in [5.41, 5.74) is 2.40. The van der Waals surface area contributed by atoms with Crippen LogP contribution in [0, 0.1) is 0 Å². The van der Waals surface area contributed by atoms with E-state index in [2.05, 4.69) is 33.5 Å². The van der Waals surface area contributed by atoms with Crippen LogP contribution >= 0.6 is 23.2 Å². The van der Waals surface area contributed by atoms with Gasteiger partial charge in [-0.2, -0.15) is 4.98 Å². The van der Waals surface area contributed by atoms with Gasteiger partial charge in [0.05, 0.1) is 36.4 Å². The maximum Gasteiger partial charge on any atom is 0.307 e. The fraction of sp³-hybridized carbons (Fsp3) is 0.407. The van der Waals surface area contributed by atoms with Gasteiger partial charge in [0.15, 0.2) is 0 Å². The lowest BCUT2D eigenvalue weighted by atomic mass is 10.1. The molecular weight excluding hydrogens is 527 g/mol. The van der Waals surface area contributed by atoms with Crippen molar-refractivity contribution in [2.45, 2.75) is 32.4 Å². The second-order valence-electron chi connectivity index (χ2n) is 9.74. The van der Waals surface area contributed by atoms with Gasteiger partial charge in [-0.25, -0.2) is 9.97 Å². The van der Waals surface area contributed by atoms with Gasteiger partial charge in [-0.15, -0.1) is 0 Å². The number of benzene rings is 1. The van der Waals surface area contributed by atoms with Crippen LogP contribution in [-0.2, 0) is 16.0 Å². The van der Waals surface area contributed by atoms with Gasteiger partial charge >= 0.3 is 5.97 Å². The van der Waals surface area contributed by atoms with Gasteiger partial charge in [-0.3, -0.25) is 4.79 Å². The van der Waals surface area contributed by atoms with Crippen molar-refractivity contribution in [1.82, 2.24) is 15.0 Å². The molecule has 0 amide bonds. The summed E-state index contributed by atoms with van der Waals surface area (Å²) in [5, 5.41) is 10.2. The number of hydrogen-bond acceptors (Lipinski definition) is 8. The lowest BCUT2D eigenvalue weighted by Gasteiger charge is -2.42. The highest BCUT2D eigenvalue weighted by Crippen LogP contribution is 2.31. The zero-order valence-electron chi connectivity index (χ0n) is 21.3. The highest BCUT2D eigenvalue weighted by Gasteiger charge is 2.29. The summed E-state index contributed by atoms with van der Waals surface area (Å²) in [6.07, 6.45) is 1.48. The van der Waals surface area contributed by atoms with Gasteiger partial charge in [0.2, 0.25) is 5.95 Å². The van der Waals surface area contributed by atoms with Gasteiger partial charge in [0.1, 0.15) is 11.6 Å². The maximum absolute atomic E-state index is 11.0. The Morgan fingerprint density at radius 2 is 1.84 bits per heavy atom. The summed E-state index contributed by atoms with van der Waals surface area (Å²) in [7, 11) is 0. The molecule has 0 radical (unpaired) electrons. The van der Waals surface area contributed by atoms with Crippen LogP contribution in [-0.4, -0.2) is 77.5 Å².